The van der Waals surface area contributed by atoms with E-state index in [0.717, 1.165) is 19.3 Å². The average Bonchev–Trinajstić information content (AvgIpc) is 2.52. The lowest BCUT2D eigenvalue weighted by atomic mass is 9.82. The van der Waals surface area contributed by atoms with E-state index in [0.29, 0.717) is 31.5 Å². The fraction of sp³-hybridized carbons (Fsp3) is 0.529. The van der Waals surface area contributed by atoms with Gasteiger partial charge in [0, 0.05) is 18.7 Å². The molecule has 0 aliphatic heterocycles. The monoisotopic (exact) mass is 304 g/mol. The molecule has 1 aliphatic carbocycles. The van der Waals surface area contributed by atoms with Crippen molar-refractivity contribution in [3.63, 3.8) is 0 Å². The molecule has 1 aromatic carbocycles. The molecule has 1 saturated carbocycles. The first-order valence-electron chi connectivity index (χ1n) is 7.91. The van der Waals surface area contributed by atoms with Crippen molar-refractivity contribution in [1.82, 2.24) is 10.6 Å². The molecule has 3 N–H and O–H groups in total. The largest absolute Gasteiger partial charge is 0.389 e. The molecule has 0 bridgehead atoms. The second-order valence-corrected chi connectivity index (χ2v) is 5.93. The van der Waals surface area contributed by atoms with E-state index < -0.39 is 5.60 Å². The van der Waals surface area contributed by atoms with Crippen molar-refractivity contribution in [2.24, 2.45) is 0 Å². The summed E-state index contributed by atoms with van der Waals surface area (Å²) in [6.07, 6.45) is 4.65. The van der Waals surface area contributed by atoms with Crippen LogP contribution in [0.5, 0.6) is 0 Å². The number of rotatable bonds is 6. The smallest absolute Gasteiger partial charge is 0.251 e. The Labute approximate surface area is 131 Å². The minimum atomic E-state index is -0.838. The van der Waals surface area contributed by atoms with E-state index in [1.807, 2.05) is 18.2 Å². The summed E-state index contributed by atoms with van der Waals surface area (Å²) in [6.45, 7) is 0.741. The Hall–Kier alpha value is -1.88. The third kappa shape index (κ3) is 5.15. The first kappa shape index (κ1) is 16.5. The standard InChI is InChI=1S/C17H24N2O3/c20-15(13-17(22)9-5-2-6-10-17)18-11-12-19-16(21)14-7-3-1-4-8-14/h1,3-4,7-8,22H,2,5-6,9-13H2,(H,18,20)(H,19,21). The number of amides is 2. The van der Waals surface area contributed by atoms with Crippen LogP contribution in [0.15, 0.2) is 30.3 Å². The Morgan fingerprint density at radius 2 is 1.64 bits per heavy atom. The van der Waals surface area contributed by atoms with Gasteiger partial charge < -0.3 is 15.7 Å². The summed E-state index contributed by atoms with van der Waals surface area (Å²) in [5.74, 6) is -0.306. The molecule has 5 heteroatoms. The van der Waals surface area contributed by atoms with Crippen molar-refractivity contribution in [3.05, 3.63) is 35.9 Å². The van der Waals surface area contributed by atoms with Gasteiger partial charge in [-0.15, -0.1) is 0 Å². The minimum Gasteiger partial charge on any atom is -0.389 e. The zero-order valence-corrected chi connectivity index (χ0v) is 12.8. The number of hydrogen-bond acceptors (Lipinski definition) is 3. The maximum Gasteiger partial charge on any atom is 0.251 e. The molecule has 0 heterocycles. The van der Waals surface area contributed by atoms with Crippen molar-refractivity contribution in [3.8, 4) is 0 Å². The lowest BCUT2D eigenvalue weighted by Crippen LogP contribution is -2.40. The van der Waals surface area contributed by atoms with Crippen LogP contribution < -0.4 is 10.6 Å². The average molecular weight is 304 g/mol. The third-order valence-electron chi connectivity index (χ3n) is 4.04. The van der Waals surface area contributed by atoms with E-state index in [1.54, 1.807) is 12.1 Å². The van der Waals surface area contributed by atoms with Crippen LogP contribution in [0.3, 0.4) is 0 Å². The SMILES string of the molecule is O=C(CC1(O)CCCCC1)NCCNC(=O)c1ccccc1. The van der Waals surface area contributed by atoms with Gasteiger partial charge in [0.15, 0.2) is 0 Å². The van der Waals surface area contributed by atoms with Gasteiger partial charge in [-0.25, -0.2) is 0 Å². The number of carbonyl (C=O) groups excluding carboxylic acids is 2. The van der Waals surface area contributed by atoms with Gasteiger partial charge in [0.1, 0.15) is 0 Å². The van der Waals surface area contributed by atoms with E-state index in [-0.39, 0.29) is 18.2 Å². The zero-order valence-electron chi connectivity index (χ0n) is 12.8. The molecule has 2 amide bonds. The van der Waals surface area contributed by atoms with Gasteiger partial charge in [-0.3, -0.25) is 9.59 Å². The number of nitrogens with one attached hydrogen (secondary N) is 2. The van der Waals surface area contributed by atoms with Gasteiger partial charge >= 0.3 is 0 Å². The number of aliphatic hydroxyl groups is 1. The predicted molar refractivity (Wildman–Crippen MR) is 84.4 cm³/mol. The van der Waals surface area contributed by atoms with E-state index in [4.69, 9.17) is 0 Å². The normalized spacial score (nSPS) is 16.8. The summed E-state index contributed by atoms with van der Waals surface area (Å²) in [5, 5.41) is 15.8. The molecule has 0 saturated heterocycles. The molecule has 2 rings (SSSR count). The Balaban J connectivity index is 1.64. The summed E-state index contributed by atoms with van der Waals surface area (Å²) in [4.78, 5) is 23.6. The Bertz CT molecular complexity index is 496. The van der Waals surface area contributed by atoms with Crippen LogP contribution in [0, 0.1) is 0 Å². The van der Waals surface area contributed by atoms with Gasteiger partial charge in [0.2, 0.25) is 5.91 Å². The Morgan fingerprint density at radius 1 is 1.00 bits per heavy atom. The maximum absolute atomic E-state index is 11.8. The van der Waals surface area contributed by atoms with Gasteiger partial charge in [-0.1, -0.05) is 37.5 Å². The fourth-order valence-corrected chi connectivity index (χ4v) is 2.82. The quantitative estimate of drug-likeness (QED) is 0.699. The zero-order chi connectivity index (χ0) is 15.8. The number of carbonyl (C=O) groups is 2. The van der Waals surface area contributed by atoms with Crippen LogP contribution in [-0.4, -0.2) is 35.6 Å². The second-order valence-electron chi connectivity index (χ2n) is 5.93. The van der Waals surface area contributed by atoms with Gasteiger partial charge in [0.05, 0.1) is 12.0 Å². The molecule has 0 aromatic heterocycles. The minimum absolute atomic E-state index is 0.152. The molecule has 0 unspecified atom stereocenters. The van der Waals surface area contributed by atoms with Crippen LogP contribution in [0.1, 0.15) is 48.9 Å². The van der Waals surface area contributed by atoms with Crippen LogP contribution in [0.2, 0.25) is 0 Å². The lowest BCUT2D eigenvalue weighted by Gasteiger charge is -2.31. The van der Waals surface area contributed by atoms with Crippen molar-refractivity contribution in [1.29, 1.82) is 0 Å². The molecule has 1 aromatic rings. The molecular formula is C17H24N2O3. The number of hydrogen-bond donors (Lipinski definition) is 3. The molecular weight excluding hydrogens is 280 g/mol. The third-order valence-corrected chi connectivity index (χ3v) is 4.04. The summed E-state index contributed by atoms with van der Waals surface area (Å²) < 4.78 is 0. The Kier molecular flexibility index (Phi) is 5.95. The van der Waals surface area contributed by atoms with E-state index in [2.05, 4.69) is 10.6 Å². The van der Waals surface area contributed by atoms with Crippen LogP contribution in [-0.2, 0) is 4.79 Å². The highest BCUT2D eigenvalue weighted by atomic mass is 16.3. The van der Waals surface area contributed by atoms with E-state index in [9.17, 15) is 14.7 Å². The number of benzene rings is 1. The summed E-state index contributed by atoms with van der Waals surface area (Å²) >= 11 is 0. The van der Waals surface area contributed by atoms with Crippen molar-refractivity contribution in [2.75, 3.05) is 13.1 Å². The summed E-state index contributed by atoms with van der Waals surface area (Å²) in [5.41, 5.74) is -0.236. The molecule has 1 aliphatic rings. The first-order chi connectivity index (χ1) is 10.6. The van der Waals surface area contributed by atoms with Gasteiger partial charge in [-0.2, -0.15) is 0 Å². The van der Waals surface area contributed by atoms with Crippen molar-refractivity contribution in [2.45, 2.75) is 44.1 Å². The lowest BCUT2D eigenvalue weighted by molar-refractivity contribution is -0.127. The molecule has 0 radical (unpaired) electrons. The molecule has 5 nitrogen and oxygen atoms in total. The topological polar surface area (TPSA) is 78.4 Å². The summed E-state index contributed by atoms with van der Waals surface area (Å²) in [6, 6.07) is 8.95. The highest BCUT2D eigenvalue weighted by Crippen LogP contribution is 2.30. The first-order valence-corrected chi connectivity index (χ1v) is 7.91. The summed E-state index contributed by atoms with van der Waals surface area (Å²) in [7, 11) is 0. The molecule has 1 fully saturated rings. The van der Waals surface area contributed by atoms with Crippen LogP contribution in [0.25, 0.3) is 0 Å². The second kappa shape index (κ2) is 7.94. The molecule has 120 valence electrons. The molecule has 0 atom stereocenters. The Morgan fingerprint density at radius 3 is 2.32 bits per heavy atom. The maximum atomic E-state index is 11.8. The van der Waals surface area contributed by atoms with E-state index >= 15 is 0 Å². The predicted octanol–water partition coefficient (Wildman–Crippen LogP) is 1.62. The highest BCUT2D eigenvalue weighted by Gasteiger charge is 2.31. The molecule has 0 spiro atoms. The van der Waals surface area contributed by atoms with Gasteiger partial charge in [-0.05, 0) is 25.0 Å². The van der Waals surface area contributed by atoms with Crippen LogP contribution >= 0.6 is 0 Å². The molecule has 22 heavy (non-hydrogen) atoms. The van der Waals surface area contributed by atoms with Gasteiger partial charge in [0.25, 0.3) is 5.91 Å². The van der Waals surface area contributed by atoms with E-state index in [1.165, 1.54) is 0 Å². The van der Waals surface area contributed by atoms with Crippen molar-refractivity contribution >= 4 is 11.8 Å². The van der Waals surface area contributed by atoms with Crippen LogP contribution in [0.4, 0.5) is 0 Å². The highest BCUT2D eigenvalue weighted by molar-refractivity contribution is 5.94. The van der Waals surface area contributed by atoms with Crippen molar-refractivity contribution < 1.29 is 14.7 Å². The fourth-order valence-electron chi connectivity index (χ4n) is 2.82.